The average Bonchev–Trinajstić information content (AvgIpc) is 2.97. The summed E-state index contributed by atoms with van der Waals surface area (Å²) in [6, 6.07) is 10.4. The maximum atomic E-state index is 11.9. The lowest BCUT2D eigenvalue weighted by Crippen LogP contribution is -2.16. The lowest BCUT2D eigenvalue weighted by molar-refractivity contribution is -0.384. The average molecular weight is 316 g/mol. The molecule has 0 spiro atoms. The predicted octanol–water partition coefficient (Wildman–Crippen LogP) is 3.21. The number of benzene rings is 2. The molecule has 1 amide bonds. The molecule has 110 valence electrons. The zero-order chi connectivity index (χ0) is 15.5. The standard InChI is InChI=1S/C13H8N4O4S/c18-13(21-9-6-4-8(5-7-9)17(19)20)14-10-2-1-3-11-12(10)16-22-15-11/h1-7H,(H,14,18). The molecular formula is C13H8N4O4S. The van der Waals surface area contributed by atoms with E-state index in [1.807, 2.05) is 0 Å². The maximum absolute atomic E-state index is 11.9. The molecule has 3 rings (SSSR count). The molecule has 22 heavy (non-hydrogen) atoms. The summed E-state index contributed by atoms with van der Waals surface area (Å²) in [5, 5.41) is 13.1. The summed E-state index contributed by atoms with van der Waals surface area (Å²) < 4.78 is 13.2. The van der Waals surface area contributed by atoms with Crippen LogP contribution in [0.4, 0.5) is 16.2 Å². The number of non-ortho nitro benzene ring substituents is 1. The molecule has 2 aromatic carbocycles. The molecule has 0 bridgehead atoms. The molecular weight excluding hydrogens is 308 g/mol. The molecule has 0 aliphatic rings. The molecule has 1 aromatic heterocycles. The highest BCUT2D eigenvalue weighted by molar-refractivity contribution is 7.00. The molecule has 0 aliphatic carbocycles. The zero-order valence-corrected chi connectivity index (χ0v) is 11.7. The normalized spacial score (nSPS) is 10.4. The van der Waals surface area contributed by atoms with Crippen LogP contribution in [0.5, 0.6) is 5.75 Å². The minimum atomic E-state index is -0.714. The fraction of sp³-hybridized carbons (Fsp3) is 0. The van der Waals surface area contributed by atoms with E-state index in [1.54, 1.807) is 18.2 Å². The number of carbonyl (C=O) groups excluding carboxylic acids is 1. The van der Waals surface area contributed by atoms with Gasteiger partial charge in [-0.3, -0.25) is 15.4 Å². The quantitative estimate of drug-likeness (QED) is 0.587. The van der Waals surface area contributed by atoms with E-state index in [0.717, 1.165) is 11.7 Å². The zero-order valence-electron chi connectivity index (χ0n) is 10.9. The number of fused-ring (bicyclic) bond motifs is 1. The summed E-state index contributed by atoms with van der Waals surface area (Å²) in [5.41, 5.74) is 1.66. The van der Waals surface area contributed by atoms with Gasteiger partial charge in [-0.25, -0.2) is 4.79 Å². The van der Waals surface area contributed by atoms with Crippen molar-refractivity contribution in [2.24, 2.45) is 0 Å². The van der Waals surface area contributed by atoms with Gasteiger partial charge in [0, 0.05) is 12.1 Å². The van der Waals surface area contributed by atoms with Crippen LogP contribution in [0, 0.1) is 10.1 Å². The Morgan fingerprint density at radius 2 is 1.95 bits per heavy atom. The predicted molar refractivity (Wildman–Crippen MR) is 80.2 cm³/mol. The van der Waals surface area contributed by atoms with E-state index >= 15 is 0 Å². The molecule has 8 nitrogen and oxygen atoms in total. The second kappa shape index (κ2) is 5.74. The Bertz CT molecular complexity index is 847. The molecule has 0 unspecified atom stereocenters. The summed E-state index contributed by atoms with van der Waals surface area (Å²) >= 11 is 1.05. The summed E-state index contributed by atoms with van der Waals surface area (Å²) in [6.07, 6.45) is -0.714. The summed E-state index contributed by atoms with van der Waals surface area (Å²) in [4.78, 5) is 21.9. The van der Waals surface area contributed by atoms with Crippen molar-refractivity contribution in [3.05, 3.63) is 52.6 Å². The Morgan fingerprint density at radius 1 is 1.18 bits per heavy atom. The SMILES string of the molecule is O=C(Nc1cccc2nsnc12)Oc1ccc([N+](=O)[O-])cc1. The highest BCUT2D eigenvalue weighted by Crippen LogP contribution is 2.22. The fourth-order valence-corrected chi connectivity index (χ4v) is 2.34. The van der Waals surface area contributed by atoms with Gasteiger partial charge < -0.3 is 4.74 Å². The Kier molecular flexibility index (Phi) is 3.62. The number of ether oxygens (including phenoxy) is 1. The van der Waals surface area contributed by atoms with Crippen LogP contribution in [0.15, 0.2) is 42.5 Å². The molecule has 0 atom stereocenters. The number of rotatable bonds is 3. The summed E-state index contributed by atoms with van der Waals surface area (Å²) in [5.74, 6) is 0.201. The van der Waals surface area contributed by atoms with Crippen LogP contribution >= 0.6 is 11.7 Å². The largest absolute Gasteiger partial charge is 0.417 e. The van der Waals surface area contributed by atoms with Gasteiger partial charge in [0.15, 0.2) is 0 Å². The molecule has 0 saturated heterocycles. The number of hydrogen-bond acceptors (Lipinski definition) is 7. The van der Waals surface area contributed by atoms with Gasteiger partial charge in [0.05, 0.1) is 22.3 Å². The van der Waals surface area contributed by atoms with Crippen molar-refractivity contribution in [2.75, 3.05) is 5.32 Å². The molecule has 0 radical (unpaired) electrons. The van der Waals surface area contributed by atoms with Gasteiger partial charge >= 0.3 is 6.09 Å². The number of anilines is 1. The van der Waals surface area contributed by atoms with Crippen molar-refractivity contribution in [3.63, 3.8) is 0 Å². The van der Waals surface area contributed by atoms with Crippen LogP contribution in [0.25, 0.3) is 11.0 Å². The number of nitrogens with one attached hydrogen (secondary N) is 1. The molecule has 9 heteroatoms. The monoisotopic (exact) mass is 316 g/mol. The van der Waals surface area contributed by atoms with Gasteiger partial charge in [-0.05, 0) is 24.3 Å². The van der Waals surface area contributed by atoms with Gasteiger partial charge in [0.25, 0.3) is 5.69 Å². The van der Waals surface area contributed by atoms with Crippen LogP contribution < -0.4 is 10.1 Å². The Hall–Kier alpha value is -3.07. The van der Waals surface area contributed by atoms with Crippen LogP contribution in [-0.2, 0) is 0 Å². The van der Waals surface area contributed by atoms with Gasteiger partial charge in [-0.2, -0.15) is 8.75 Å². The smallest absolute Gasteiger partial charge is 0.410 e. The fourth-order valence-electron chi connectivity index (χ4n) is 1.79. The highest BCUT2D eigenvalue weighted by atomic mass is 32.1. The van der Waals surface area contributed by atoms with Gasteiger partial charge in [-0.1, -0.05) is 6.07 Å². The molecule has 1 N–H and O–H groups in total. The van der Waals surface area contributed by atoms with E-state index in [-0.39, 0.29) is 11.4 Å². The van der Waals surface area contributed by atoms with Crippen LogP contribution in [0.2, 0.25) is 0 Å². The maximum Gasteiger partial charge on any atom is 0.417 e. The van der Waals surface area contributed by atoms with E-state index < -0.39 is 11.0 Å². The number of carbonyl (C=O) groups is 1. The Balaban J connectivity index is 1.72. The first-order chi connectivity index (χ1) is 10.6. The molecule has 1 heterocycles. The molecule has 0 aliphatic heterocycles. The van der Waals surface area contributed by atoms with E-state index in [1.165, 1.54) is 24.3 Å². The van der Waals surface area contributed by atoms with Crippen LogP contribution in [0.1, 0.15) is 0 Å². The highest BCUT2D eigenvalue weighted by Gasteiger charge is 2.11. The van der Waals surface area contributed by atoms with E-state index in [2.05, 4.69) is 14.1 Å². The number of nitrogens with zero attached hydrogens (tertiary/aromatic N) is 3. The molecule has 0 saturated carbocycles. The minimum absolute atomic E-state index is 0.0777. The van der Waals surface area contributed by atoms with E-state index in [4.69, 9.17) is 4.74 Å². The third-order valence-electron chi connectivity index (χ3n) is 2.78. The second-order valence-electron chi connectivity index (χ2n) is 4.20. The van der Waals surface area contributed by atoms with Crippen molar-refractivity contribution >= 4 is 40.2 Å². The summed E-state index contributed by atoms with van der Waals surface area (Å²) in [6.45, 7) is 0. The van der Waals surface area contributed by atoms with Gasteiger partial charge in [0.1, 0.15) is 16.8 Å². The first-order valence-corrected chi connectivity index (χ1v) is 6.81. The first-order valence-electron chi connectivity index (χ1n) is 6.08. The molecule has 3 aromatic rings. The third kappa shape index (κ3) is 2.83. The number of nitro benzene ring substituents is 1. The number of amides is 1. The minimum Gasteiger partial charge on any atom is -0.410 e. The van der Waals surface area contributed by atoms with E-state index in [0.29, 0.717) is 16.7 Å². The van der Waals surface area contributed by atoms with Gasteiger partial charge in [-0.15, -0.1) is 0 Å². The van der Waals surface area contributed by atoms with Crippen LogP contribution in [0.3, 0.4) is 0 Å². The number of nitro groups is 1. The van der Waals surface area contributed by atoms with Crippen molar-refractivity contribution in [1.82, 2.24) is 8.75 Å². The van der Waals surface area contributed by atoms with Crippen molar-refractivity contribution < 1.29 is 14.5 Å². The number of hydrogen-bond donors (Lipinski definition) is 1. The Labute approximate surface area is 127 Å². The van der Waals surface area contributed by atoms with Crippen molar-refractivity contribution in [3.8, 4) is 5.75 Å². The second-order valence-corrected chi connectivity index (χ2v) is 4.73. The lowest BCUT2D eigenvalue weighted by atomic mass is 10.2. The van der Waals surface area contributed by atoms with Crippen molar-refractivity contribution in [2.45, 2.75) is 0 Å². The lowest BCUT2D eigenvalue weighted by Gasteiger charge is -2.06. The van der Waals surface area contributed by atoms with Gasteiger partial charge in [0.2, 0.25) is 0 Å². The van der Waals surface area contributed by atoms with E-state index in [9.17, 15) is 14.9 Å². The molecule has 0 fully saturated rings. The number of aromatic nitrogens is 2. The summed E-state index contributed by atoms with van der Waals surface area (Å²) in [7, 11) is 0. The third-order valence-corrected chi connectivity index (χ3v) is 3.32. The topological polar surface area (TPSA) is 107 Å². The van der Waals surface area contributed by atoms with Crippen molar-refractivity contribution in [1.29, 1.82) is 0 Å². The Morgan fingerprint density at radius 3 is 2.68 bits per heavy atom. The first kappa shape index (κ1) is 13.9. The van der Waals surface area contributed by atoms with Crippen LogP contribution in [-0.4, -0.2) is 19.8 Å².